The molecule has 1 unspecified atom stereocenters. The first-order valence-electron chi connectivity index (χ1n) is 8.09. The molecule has 0 saturated carbocycles. The van der Waals surface area contributed by atoms with Crippen molar-refractivity contribution in [2.24, 2.45) is 0 Å². The van der Waals surface area contributed by atoms with E-state index in [-0.39, 0.29) is 18.2 Å². The average molecular weight is 450 g/mol. The Bertz CT molecular complexity index is 822. The molecular formula is C19H19IN2O3. The van der Waals surface area contributed by atoms with Crippen molar-refractivity contribution in [2.75, 3.05) is 16.8 Å². The maximum atomic E-state index is 12.4. The van der Waals surface area contributed by atoms with Gasteiger partial charge in [0.15, 0.2) is 6.10 Å². The number of hydrogen-bond acceptors (Lipinski definition) is 3. The smallest absolute Gasteiger partial charge is 0.267 e. The number of para-hydroxylation sites is 2. The highest BCUT2D eigenvalue weighted by Crippen LogP contribution is 2.33. The lowest BCUT2D eigenvalue weighted by molar-refractivity contribution is -0.125. The summed E-state index contributed by atoms with van der Waals surface area (Å²) in [5, 5.41) is 2.92. The van der Waals surface area contributed by atoms with Crippen LogP contribution in [0.25, 0.3) is 0 Å². The summed E-state index contributed by atoms with van der Waals surface area (Å²) in [6.07, 6.45) is -0.325. The van der Waals surface area contributed by atoms with Gasteiger partial charge in [-0.3, -0.25) is 9.59 Å². The SMILES string of the molecule is Cc1cc(I)ccc1NC(=O)CCN1C(=O)C(C)Oc2ccccc21. The monoisotopic (exact) mass is 450 g/mol. The number of ether oxygens (including phenoxy) is 1. The maximum absolute atomic E-state index is 12.4. The van der Waals surface area contributed by atoms with E-state index in [4.69, 9.17) is 4.74 Å². The standard InChI is InChI=1S/C19H19IN2O3/c1-12-11-14(20)7-8-15(12)21-18(23)9-10-22-16-5-3-4-6-17(16)25-13(2)19(22)24/h3-8,11,13H,9-10H2,1-2H3,(H,21,23). The van der Waals surface area contributed by atoms with Crippen molar-refractivity contribution in [1.29, 1.82) is 0 Å². The molecule has 1 aliphatic heterocycles. The number of halogens is 1. The van der Waals surface area contributed by atoms with Gasteiger partial charge in [-0.1, -0.05) is 12.1 Å². The van der Waals surface area contributed by atoms with Crippen LogP contribution in [0.4, 0.5) is 11.4 Å². The molecule has 5 nitrogen and oxygen atoms in total. The molecule has 0 fully saturated rings. The quantitative estimate of drug-likeness (QED) is 0.723. The van der Waals surface area contributed by atoms with Crippen LogP contribution in [0, 0.1) is 10.5 Å². The zero-order chi connectivity index (χ0) is 18.0. The van der Waals surface area contributed by atoms with Crippen LogP contribution in [-0.4, -0.2) is 24.5 Å². The van der Waals surface area contributed by atoms with Crippen LogP contribution in [0.5, 0.6) is 5.75 Å². The number of rotatable bonds is 4. The van der Waals surface area contributed by atoms with Crippen molar-refractivity contribution in [2.45, 2.75) is 26.4 Å². The molecule has 1 heterocycles. The summed E-state index contributed by atoms with van der Waals surface area (Å²) in [4.78, 5) is 26.4. The van der Waals surface area contributed by atoms with Gasteiger partial charge in [-0.15, -0.1) is 0 Å². The number of carbonyl (C=O) groups excluding carboxylic acids is 2. The minimum absolute atomic E-state index is 0.117. The van der Waals surface area contributed by atoms with Crippen molar-refractivity contribution in [3.63, 3.8) is 0 Å². The largest absolute Gasteiger partial charge is 0.479 e. The van der Waals surface area contributed by atoms with E-state index < -0.39 is 6.10 Å². The van der Waals surface area contributed by atoms with Crippen LogP contribution in [0.15, 0.2) is 42.5 Å². The molecule has 0 saturated heterocycles. The van der Waals surface area contributed by atoms with Gasteiger partial charge in [0.1, 0.15) is 5.75 Å². The van der Waals surface area contributed by atoms with Gasteiger partial charge in [0.25, 0.3) is 5.91 Å². The summed E-state index contributed by atoms with van der Waals surface area (Å²) >= 11 is 2.24. The molecule has 0 spiro atoms. The molecule has 3 rings (SSSR count). The van der Waals surface area contributed by atoms with E-state index in [9.17, 15) is 9.59 Å². The Balaban J connectivity index is 1.68. The molecule has 6 heteroatoms. The predicted molar refractivity (Wildman–Crippen MR) is 106 cm³/mol. The summed E-state index contributed by atoms with van der Waals surface area (Å²) in [5.41, 5.74) is 2.53. The van der Waals surface area contributed by atoms with Crippen molar-refractivity contribution < 1.29 is 14.3 Å². The van der Waals surface area contributed by atoms with E-state index in [2.05, 4.69) is 27.9 Å². The number of nitrogens with one attached hydrogen (secondary N) is 1. The third-order valence-electron chi connectivity index (χ3n) is 4.10. The van der Waals surface area contributed by atoms with Gasteiger partial charge >= 0.3 is 0 Å². The molecular weight excluding hydrogens is 431 g/mol. The van der Waals surface area contributed by atoms with E-state index in [1.807, 2.05) is 49.4 Å². The number of aryl methyl sites for hydroxylation is 1. The number of fused-ring (bicyclic) bond motifs is 1. The Morgan fingerprint density at radius 2 is 2.04 bits per heavy atom. The van der Waals surface area contributed by atoms with Crippen molar-refractivity contribution in [1.82, 2.24) is 0 Å². The molecule has 0 aromatic heterocycles. The third-order valence-corrected chi connectivity index (χ3v) is 4.77. The topological polar surface area (TPSA) is 58.6 Å². The van der Waals surface area contributed by atoms with Gasteiger partial charge in [-0.05, 0) is 72.3 Å². The second kappa shape index (κ2) is 7.43. The summed E-state index contributed by atoms with van der Waals surface area (Å²) in [5.74, 6) is 0.425. The van der Waals surface area contributed by atoms with Crippen LogP contribution in [-0.2, 0) is 9.59 Å². The fraction of sp³-hybridized carbons (Fsp3) is 0.263. The highest BCUT2D eigenvalue weighted by atomic mass is 127. The Morgan fingerprint density at radius 3 is 2.80 bits per heavy atom. The Hall–Kier alpha value is -2.09. The lowest BCUT2D eigenvalue weighted by atomic mass is 10.1. The fourth-order valence-corrected chi connectivity index (χ4v) is 3.43. The molecule has 25 heavy (non-hydrogen) atoms. The van der Waals surface area contributed by atoms with Gasteiger partial charge in [0.05, 0.1) is 5.69 Å². The van der Waals surface area contributed by atoms with E-state index >= 15 is 0 Å². The molecule has 0 radical (unpaired) electrons. The van der Waals surface area contributed by atoms with Crippen LogP contribution < -0.4 is 15.0 Å². The summed E-state index contributed by atoms with van der Waals surface area (Å²) in [6, 6.07) is 13.2. The van der Waals surface area contributed by atoms with Gasteiger partial charge in [-0.2, -0.15) is 0 Å². The second-order valence-electron chi connectivity index (χ2n) is 5.98. The first kappa shape index (κ1) is 17.7. The number of benzene rings is 2. The Morgan fingerprint density at radius 1 is 1.28 bits per heavy atom. The van der Waals surface area contributed by atoms with E-state index in [1.54, 1.807) is 11.8 Å². The third kappa shape index (κ3) is 3.95. The highest BCUT2D eigenvalue weighted by Gasteiger charge is 2.31. The van der Waals surface area contributed by atoms with Crippen molar-refractivity contribution in [3.8, 4) is 5.75 Å². The van der Waals surface area contributed by atoms with Crippen LogP contribution in [0.1, 0.15) is 18.9 Å². The molecule has 1 atom stereocenters. The zero-order valence-corrected chi connectivity index (χ0v) is 16.2. The fourth-order valence-electron chi connectivity index (χ4n) is 2.78. The number of carbonyl (C=O) groups is 2. The number of hydrogen-bond donors (Lipinski definition) is 1. The Kier molecular flexibility index (Phi) is 5.27. The summed E-state index contributed by atoms with van der Waals surface area (Å²) in [7, 11) is 0. The molecule has 2 aromatic carbocycles. The Labute approximate surface area is 160 Å². The maximum Gasteiger partial charge on any atom is 0.267 e. The van der Waals surface area contributed by atoms with Crippen LogP contribution >= 0.6 is 22.6 Å². The molecule has 1 aliphatic rings. The minimum Gasteiger partial charge on any atom is -0.479 e. The summed E-state index contributed by atoms with van der Waals surface area (Å²) in [6.45, 7) is 4.00. The van der Waals surface area contributed by atoms with Gasteiger partial charge < -0.3 is 15.0 Å². The van der Waals surface area contributed by atoms with E-state index in [0.717, 1.165) is 14.8 Å². The first-order valence-corrected chi connectivity index (χ1v) is 9.16. The lowest BCUT2D eigenvalue weighted by Gasteiger charge is -2.32. The normalized spacial score (nSPS) is 16.2. The molecule has 2 aromatic rings. The molecule has 0 aliphatic carbocycles. The zero-order valence-electron chi connectivity index (χ0n) is 14.1. The van der Waals surface area contributed by atoms with Gasteiger partial charge in [0, 0.05) is 22.2 Å². The van der Waals surface area contributed by atoms with Gasteiger partial charge in [0.2, 0.25) is 5.91 Å². The van der Waals surface area contributed by atoms with Crippen molar-refractivity contribution in [3.05, 3.63) is 51.6 Å². The van der Waals surface area contributed by atoms with Crippen LogP contribution in [0.2, 0.25) is 0 Å². The number of amides is 2. The first-order chi connectivity index (χ1) is 12.0. The summed E-state index contributed by atoms with van der Waals surface area (Å²) < 4.78 is 6.73. The molecule has 0 bridgehead atoms. The predicted octanol–water partition coefficient (Wildman–Crippen LogP) is 3.74. The molecule has 1 N–H and O–H groups in total. The molecule has 130 valence electrons. The van der Waals surface area contributed by atoms with Crippen LogP contribution in [0.3, 0.4) is 0 Å². The van der Waals surface area contributed by atoms with Gasteiger partial charge in [-0.25, -0.2) is 0 Å². The highest BCUT2D eigenvalue weighted by molar-refractivity contribution is 14.1. The minimum atomic E-state index is -0.545. The second-order valence-corrected chi connectivity index (χ2v) is 7.22. The van der Waals surface area contributed by atoms with E-state index in [1.165, 1.54) is 0 Å². The number of nitrogens with zero attached hydrogens (tertiary/aromatic N) is 1. The van der Waals surface area contributed by atoms with Crippen molar-refractivity contribution >= 4 is 45.8 Å². The van der Waals surface area contributed by atoms with E-state index in [0.29, 0.717) is 18.0 Å². The lowest BCUT2D eigenvalue weighted by Crippen LogP contribution is -2.45. The average Bonchev–Trinajstić information content (AvgIpc) is 2.58. The molecule has 2 amide bonds. The number of anilines is 2.